The van der Waals surface area contributed by atoms with E-state index in [-0.39, 0.29) is 0 Å². The maximum Gasteiger partial charge on any atom is 0.160 e. The lowest BCUT2D eigenvalue weighted by molar-refractivity contribution is 0.364. The van der Waals surface area contributed by atoms with Crippen LogP contribution in [0, 0.1) is 5.92 Å². The average Bonchev–Trinajstić information content (AvgIpc) is 2.14. The summed E-state index contributed by atoms with van der Waals surface area (Å²) in [6, 6.07) is 3.51. The maximum absolute atomic E-state index is 6.04. The second-order valence-electron chi connectivity index (χ2n) is 3.87. The topological polar surface area (TPSA) is 33.3 Å². The zero-order chi connectivity index (χ0) is 11.5. The fourth-order valence-electron chi connectivity index (χ4n) is 1.65. The van der Waals surface area contributed by atoms with Gasteiger partial charge in [-0.1, -0.05) is 23.2 Å². The summed E-state index contributed by atoms with van der Waals surface area (Å²) in [5.41, 5.74) is 0.854. The van der Waals surface area contributed by atoms with Crippen LogP contribution < -0.4 is 15.4 Å². The van der Waals surface area contributed by atoms with Crippen molar-refractivity contribution in [1.29, 1.82) is 0 Å². The molecule has 1 aliphatic rings. The molecule has 0 spiro atoms. The molecule has 1 aromatic rings. The molecule has 2 N–H and O–H groups in total. The molecular weight excluding hydrogens is 247 g/mol. The Balaban J connectivity index is 2.10. The zero-order valence-electron chi connectivity index (χ0n) is 9.02. The largest absolute Gasteiger partial charge is 0.493 e. The molecule has 1 heterocycles. The van der Waals surface area contributed by atoms with Crippen molar-refractivity contribution in [3.8, 4) is 5.75 Å². The van der Waals surface area contributed by atoms with E-state index in [9.17, 15) is 0 Å². The summed E-state index contributed by atoms with van der Waals surface area (Å²) in [5.74, 6) is 1.32. The molecule has 88 valence electrons. The van der Waals surface area contributed by atoms with Crippen LogP contribution in [-0.4, -0.2) is 26.7 Å². The van der Waals surface area contributed by atoms with Crippen LogP contribution in [-0.2, 0) is 0 Å². The average molecular weight is 261 g/mol. The molecule has 5 heteroatoms. The van der Waals surface area contributed by atoms with E-state index in [0.29, 0.717) is 21.7 Å². The first-order chi connectivity index (χ1) is 7.70. The van der Waals surface area contributed by atoms with Gasteiger partial charge in [0.2, 0.25) is 0 Å². The van der Waals surface area contributed by atoms with Crippen molar-refractivity contribution in [2.45, 2.75) is 0 Å². The molecule has 16 heavy (non-hydrogen) atoms. The Morgan fingerprint density at radius 3 is 2.75 bits per heavy atom. The predicted octanol–water partition coefficient (Wildman–Crippen LogP) is 2.63. The normalized spacial score (nSPS) is 15.7. The van der Waals surface area contributed by atoms with Crippen LogP contribution in [0.15, 0.2) is 12.1 Å². The number of anilines is 1. The van der Waals surface area contributed by atoms with Crippen molar-refractivity contribution in [3.63, 3.8) is 0 Å². The quantitative estimate of drug-likeness (QED) is 0.874. The fraction of sp³-hybridized carbons (Fsp3) is 0.455. The van der Waals surface area contributed by atoms with Gasteiger partial charge in [0.15, 0.2) is 5.75 Å². The number of ether oxygens (including phenoxy) is 1. The minimum atomic E-state index is 0.532. The van der Waals surface area contributed by atoms with Gasteiger partial charge in [-0.05, 0) is 12.1 Å². The molecule has 3 nitrogen and oxygen atoms in total. The predicted molar refractivity (Wildman–Crippen MR) is 67.9 cm³/mol. The number of rotatable bonds is 4. The van der Waals surface area contributed by atoms with Gasteiger partial charge in [0.05, 0.1) is 17.8 Å². The number of methoxy groups -OCH3 is 1. The highest BCUT2D eigenvalue weighted by atomic mass is 35.5. The van der Waals surface area contributed by atoms with Gasteiger partial charge >= 0.3 is 0 Å². The molecule has 0 unspecified atom stereocenters. The van der Waals surface area contributed by atoms with Crippen molar-refractivity contribution in [2.75, 3.05) is 32.1 Å². The Morgan fingerprint density at radius 2 is 2.19 bits per heavy atom. The summed E-state index contributed by atoms with van der Waals surface area (Å²) in [5, 5.41) is 7.68. The van der Waals surface area contributed by atoms with Gasteiger partial charge in [-0.2, -0.15) is 0 Å². The Kier molecular flexibility index (Phi) is 3.79. The minimum Gasteiger partial charge on any atom is -0.493 e. The Morgan fingerprint density at radius 1 is 1.44 bits per heavy atom. The molecule has 0 bridgehead atoms. The third-order valence-corrected chi connectivity index (χ3v) is 3.16. The van der Waals surface area contributed by atoms with Crippen molar-refractivity contribution >= 4 is 28.9 Å². The van der Waals surface area contributed by atoms with Crippen LogP contribution >= 0.6 is 23.2 Å². The van der Waals surface area contributed by atoms with E-state index in [2.05, 4.69) is 10.6 Å². The zero-order valence-corrected chi connectivity index (χ0v) is 10.5. The van der Waals surface area contributed by atoms with E-state index >= 15 is 0 Å². The van der Waals surface area contributed by atoms with Gasteiger partial charge in [0.1, 0.15) is 0 Å². The molecular formula is C11H14Cl2N2O. The number of hydrogen-bond donors (Lipinski definition) is 2. The van der Waals surface area contributed by atoms with E-state index < -0.39 is 0 Å². The molecule has 0 aliphatic carbocycles. The van der Waals surface area contributed by atoms with Crippen molar-refractivity contribution in [1.82, 2.24) is 5.32 Å². The van der Waals surface area contributed by atoms with E-state index in [1.54, 1.807) is 13.2 Å². The van der Waals surface area contributed by atoms with Crippen LogP contribution in [0.2, 0.25) is 10.0 Å². The number of benzene rings is 1. The highest BCUT2D eigenvalue weighted by molar-refractivity contribution is 6.36. The monoisotopic (exact) mass is 260 g/mol. The summed E-state index contributed by atoms with van der Waals surface area (Å²) >= 11 is 12.0. The van der Waals surface area contributed by atoms with Gasteiger partial charge in [0, 0.05) is 30.6 Å². The molecule has 0 amide bonds. The molecule has 0 aromatic heterocycles. The Bertz CT molecular complexity index is 380. The van der Waals surface area contributed by atoms with Gasteiger partial charge in [-0.3, -0.25) is 0 Å². The van der Waals surface area contributed by atoms with E-state index in [1.807, 2.05) is 6.07 Å². The number of hydrogen-bond acceptors (Lipinski definition) is 3. The third kappa shape index (κ3) is 2.54. The molecule has 1 fully saturated rings. The molecule has 0 saturated carbocycles. The van der Waals surface area contributed by atoms with Crippen molar-refractivity contribution in [2.24, 2.45) is 5.92 Å². The summed E-state index contributed by atoms with van der Waals surface area (Å²) in [7, 11) is 1.60. The minimum absolute atomic E-state index is 0.532. The van der Waals surface area contributed by atoms with Crippen LogP contribution in [0.5, 0.6) is 5.75 Å². The lowest BCUT2D eigenvalue weighted by Gasteiger charge is -2.28. The van der Waals surface area contributed by atoms with Gasteiger partial charge in [-0.15, -0.1) is 0 Å². The second-order valence-corrected chi connectivity index (χ2v) is 4.72. The summed E-state index contributed by atoms with van der Waals surface area (Å²) < 4.78 is 5.25. The molecule has 1 aromatic carbocycles. The fourth-order valence-corrected chi connectivity index (χ4v) is 2.22. The molecule has 1 saturated heterocycles. The van der Waals surface area contributed by atoms with Crippen LogP contribution in [0.3, 0.4) is 0 Å². The summed E-state index contributed by atoms with van der Waals surface area (Å²) in [6.45, 7) is 3.02. The lowest BCUT2D eigenvalue weighted by Crippen LogP contribution is -2.45. The second kappa shape index (κ2) is 5.13. The van der Waals surface area contributed by atoms with Crippen molar-refractivity contribution < 1.29 is 4.74 Å². The van der Waals surface area contributed by atoms with Crippen LogP contribution in [0.25, 0.3) is 0 Å². The first kappa shape index (κ1) is 11.8. The maximum atomic E-state index is 6.04. The van der Waals surface area contributed by atoms with E-state index in [0.717, 1.165) is 25.3 Å². The van der Waals surface area contributed by atoms with Crippen LogP contribution in [0.4, 0.5) is 5.69 Å². The Labute approximate surface area is 105 Å². The van der Waals surface area contributed by atoms with Gasteiger partial charge < -0.3 is 15.4 Å². The van der Waals surface area contributed by atoms with Gasteiger partial charge in [0.25, 0.3) is 0 Å². The van der Waals surface area contributed by atoms with Gasteiger partial charge in [-0.25, -0.2) is 0 Å². The molecule has 0 radical (unpaired) electrons. The van der Waals surface area contributed by atoms with Crippen LogP contribution in [0.1, 0.15) is 0 Å². The Hall–Kier alpha value is -0.640. The standard InChI is InChI=1S/C11H14Cl2N2O/c1-16-11-9(13)2-8(12)3-10(11)15-6-7-4-14-5-7/h2-3,7,14-15H,4-6H2,1H3. The summed E-state index contributed by atoms with van der Waals surface area (Å²) in [6.07, 6.45) is 0. The summed E-state index contributed by atoms with van der Waals surface area (Å²) in [4.78, 5) is 0. The van der Waals surface area contributed by atoms with E-state index in [1.165, 1.54) is 0 Å². The smallest absolute Gasteiger partial charge is 0.160 e. The van der Waals surface area contributed by atoms with E-state index in [4.69, 9.17) is 27.9 Å². The third-order valence-electron chi connectivity index (χ3n) is 2.66. The highest BCUT2D eigenvalue weighted by Crippen LogP contribution is 2.36. The first-order valence-corrected chi connectivity index (χ1v) is 5.94. The first-order valence-electron chi connectivity index (χ1n) is 5.18. The molecule has 0 atom stereocenters. The number of halogens is 2. The highest BCUT2D eigenvalue weighted by Gasteiger charge is 2.17. The molecule has 1 aliphatic heterocycles. The lowest BCUT2D eigenvalue weighted by atomic mass is 10.0. The molecule has 2 rings (SSSR count). The van der Waals surface area contributed by atoms with Crippen molar-refractivity contribution in [3.05, 3.63) is 22.2 Å². The number of nitrogens with one attached hydrogen (secondary N) is 2. The SMILES string of the molecule is COc1c(Cl)cc(Cl)cc1NCC1CNC1.